The van der Waals surface area contributed by atoms with Crippen molar-refractivity contribution in [1.82, 2.24) is 9.62 Å². The smallest absolute Gasteiger partial charge is 0.531 e. The Labute approximate surface area is 154 Å². The number of nitrogens with zero attached hydrogens (tertiary/aromatic N) is 2. The van der Waals surface area contributed by atoms with E-state index in [-0.39, 0.29) is 48.2 Å². The van der Waals surface area contributed by atoms with Crippen molar-refractivity contribution in [2.75, 3.05) is 19.6 Å². The second kappa shape index (κ2) is 7.92. The van der Waals surface area contributed by atoms with Gasteiger partial charge in [-0.25, -0.2) is 12.7 Å². The first kappa shape index (κ1) is 18.6. The molecule has 1 N–H and O–H groups in total. The number of carbonyl (C=O) groups excluding carboxylic acids is 1. The summed E-state index contributed by atoms with van der Waals surface area (Å²) in [4.78, 5) is 11.2. The predicted molar refractivity (Wildman–Crippen MR) is 77.0 cm³/mol. The van der Waals surface area contributed by atoms with Gasteiger partial charge in [0.15, 0.2) is 10.2 Å². The van der Waals surface area contributed by atoms with E-state index in [1.54, 1.807) is 0 Å². The molecule has 0 aromatic heterocycles. The van der Waals surface area contributed by atoms with Gasteiger partial charge in [-0.2, -0.15) is 0 Å². The molecule has 0 bridgehead atoms. The zero-order valence-corrected chi connectivity index (χ0v) is 15.8. The van der Waals surface area contributed by atoms with Gasteiger partial charge in [0.05, 0.1) is 24.7 Å². The van der Waals surface area contributed by atoms with Crippen molar-refractivity contribution in [1.29, 1.82) is 0 Å². The molecule has 3 fully saturated rings. The van der Waals surface area contributed by atoms with Crippen LogP contribution in [0.25, 0.3) is 4.72 Å². The molecule has 2 aliphatic heterocycles. The van der Waals surface area contributed by atoms with Gasteiger partial charge < -0.3 is 19.6 Å². The van der Waals surface area contributed by atoms with Crippen LogP contribution in [0.1, 0.15) is 38.5 Å². The Morgan fingerprint density at radius 1 is 1.05 bits per heavy atom. The maximum absolute atomic E-state index is 11.8. The second-order valence-corrected chi connectivity index (χ2v) is 7.57. The number of hydrogen-bond donors (Lipinski definition) is 1. The molecule has 0 atom stereocenters. The Morgan fingerprint density at radius 3 is 2.18 bits per heavy atom. The zero-order valence-electron chi connectivity index (χ0n) is 13.0. The van der Waals surface area contributed by atoms with E-state index in [4.69, 9.17) is 4.74 Å². The number of hydrogen-bond acceptors (Lipinski definition) is 5. The van der Waals surface area contributed by atoms with Crippen molar-refractivity contribution < 1.29 is 47.5 Å². The van der Waals surface area contributed by atoms with E-state index in [9.17, 15) is 13.2 Å². The summed E-state index contributed by atoms with van der Waals surface area (Å²) in [5.74, 6) is -0.553. The van der Waals surface area contributed by atoms with E-state index in [1.165, 1.54) is 4.31 Å². The molecule has 0 unspecified atom stereocenters. The fourth-order valence-electron chi connectivity index (χ4n) is 3.42. The SMILES string of the molecule is O=C1CN(C2CCC(OC3CCNCC3)CC2)S(=O)(=O)[N-]1.[Na+]. The standard InChI is InChI=1S/C13H23N3O4S.Na/c17-13-9-16(21(18,19)15-13)10-1-3-11(4-2-10)20-12-5-7-14-8-6-12;/h10-12,14H,1-9H2,(H,15,17);/q;+1/p-1. The molecule has 1 amide bonds. The van der Waals surface area contributed by atoms with Crippen LogP contribution in [0, 0.1) is 0 Å². The molecule has 120 valence electrons. The van der Waals surface area contributed by atoms with E-state index in [0.29, 0.717) is 6.10 Å². The van der Waals surface area contributed by atoms with Gasteiger partial charge >= 0.3 is 29.6 Å². The Kier molecular flexibility index (Phi) is 6.71. The van der Waals surface area contributed by atoms with Crippen molar-refractivity contribution in [3.8, 4) is 0 Å². The summed E-state index contributed by atoms with van der Waals surface area (Å²) in [6, 6.07) is -0.0990. The molecule has 9 heteroatoms. The molecule has 3 rings (SSSR count). The van der Waals surface area contributed by atoms with E-state index in [0.717, 1.165) is 51.6 Å². The van der Waals surface area contributed by atoms with E-state index < -0.39 is 16.1 Å². The largest absolute Gasteiger partial charge is 1.00 e. The number of carbonyl (C=O) groups is 1. The summed E-state index contributed by atoms with van der Waals surface area (Å²) in [6.45, 7) is 1.93. The zero-order chi connectivity index (χ0) is 14.9. The van der Waals surface area contributed by atoms with Gasteiger partial charge in [-0.1, -0.05) is 0 Å². The molecule has 2 saturated heterocycles. The van der Waals surface area contributed by atoms with Gasteiger partial charge in [0.1, 0.15) is 0 Å². The van der Waals surface area contributed by atoms with Crippen molar-refractivity contribution in [2.24, 2.45) is 0 Å². The minimum atomic E-state index is -3.72. The van der Waals surface area contributed by atoms with Crippen molar-refractivity contribution >= 4 is 16.1 Å². The van der Waals surface area contributed by atoms with Crippen molar-refractivity contribution in [3.05, 3.63) is 4.72 Å². The summed E-state index contributed by atoms with van der Waals surface area (Å²) in [7, 11) is -3.72. The summed E-state index contributed by atoms with van der Waals surface area (Å²) in [5, 5.41) is 3.31. The second-order valence-electron chi connectivity index (χ2n) is 6.02. The average Bonchev–Trinajstić information content (AvgIpc) is 2.74. The van der Waals surface area contributed by atoms with Crippen LogP contribution in [0.15, 0.2) is 0 Å². The summed E-state index contributed by atoms with van der Waals surface area (Å²) in [5.41, 5.74) is 0. The monoisotopic (exact) mass is 339 g/mol. The molecule has 0 aromatic carbocycles. The molecule has 7 nitrogen and oxygen atoms in total. The minimum absolute atomic E-state index is 0. The molecule has 3 aliphatic rings. The van der Waals surface area contributed by atoms with E-state index >= 15 is 0 Å². The fourth-order valence-corrected chi connectivity index (χ4v) is 4.70. The normalized spacial score (nSPS) is 33.2. The number of amides is 1. The number of rotatable bonds is 3. The van der Waals surface area contributed by atoms with Gasteiger partial charge in [0, 0.05) is 6.04 Å². The maximum Gasteiger partial charge on any atom is 1.00 e. The molecule has 0 radical (unpaired) electrons. The van der Waals surface area contributed by atoms with Gasteiger partial charge in [0.25, 0.3) is 0 Å². The fraction of sp³-hybridized carbons (Fsp3) is 0.923. The Morgan fingerprint density at radius 2 is 1.64 bits per heavy atom. The minimum Gasteiger partial charge on any atom is -0.531 e. The quantitative estimate of drug-likeness (QED) is 0.576. The third-order valence-corrected chi connectivity index (χ3v) is 5.98. The number of ether oxygens (including phenoxy) is 1. The first-order valence-electron chi connectivity index (χ1n) is 7.68. The van der Waals surface area contributed by atoms with Crippen molar-refractivity contribution in [2.45, 2.75) is 56.8 Å². The molecule has 0 spiro atoms. The van der Waals surface area contributed by atoms with Crippen molar-refractivity contribution in [3.63, 3.8) is 0 Å². The van der Waals surface area contributed by atoms with Crippen LogP contribution >= 0.6 is 0 Å². The molecule has 0 aromatic rings. The van der Waals surface area contributed by atoms with Gasteiger partial charge in [0.2, 0.25) is 0 Å². The molecular formula is C13H22N3NaO4S. The van der Waals surface area contributed by atoms with Crippen LogP contribution in [0.2, 0.25) is 0 Å². The molecular weight excluding hydrogens is 317 g/mol. The van der Waals surface area contributed by atoms with Gasteiger partial charge in [-0.15, -0.1) is 0 Å². The van der Waals surface area contributed by atoms with Gasteiger partial charge in [-0.05, 0) is 51.6 Å². The third kappa shape index (κ3) is 4.43. The Bertz CT molecular complexity index is 488. The van der Waals surface area contributed by atoms with Gasteiger partial charge in [-0.3, -0.25) is 0 Å². The first-order chi connectivity index (χ1) is 10.0. The predicted octanol–water partition coefficient (Wildman–Crippen LogP) is -2.47. The third-order valence-electron chi connectivity index (χ3n) is 4.53. The molecule has 22 heavy (non-hydrogen) atoms. The Balaban J connectivity index is 0.00000176. The van der Waals surface area contributed by atoms with E-state index in [1.807, 2.05) is 0 Å². The van der Waals surface area contributed by atoms with Crippen LogP contribution in [0.3, 0.4) is 0 Å². The molecule has 1 saturated carbocycles. The Hall–Kier alpha value is 0.300. The number of nitrogens with one attached hydrogen (secondary N) is 1. The summed E-state index contributed by atoms with van der Waals surface area (Å²) >= 11 is 0. The van der Waals surface area contributed by atoms with Crippen LogP contribution in [-0.2, 0) is 19.7 Å². The van der Waals surface area contributed by atoms with E-state index in [2.05, 4.69) is 10.0 Å². The summed E-state index contributed by atoms with van der Waals surface area (Å²) in [6.07, 6.45) is 5.86. The molecule has 2 heterocycles. The molecule has 1 aliphatic carbocycles. The topological polar surface area (TPSA) is 89.8 Å². The summed E-state index contributed by atoms with van der Waals surface area (Å²) < 4.78 is 34.1. The average molecular weight is 339 g/mol. The number of piperidine rings is 1. The van der Waals surface area contributed by atoms with Crippen LogP contribution in [0.4, 0.5) is 0 Å². The maximum atomic E-state index is 11.8. The first-order valence-corrected chi connectivity index (χ1v) is 9.08. The van der Waals surface area contributed by atoms with Crippen LogP contribution in [0.5, 0.6) is 0 Å². The van der Waals surface area contributed by atoms with Crippen LogP contribution < -0.4 is 34.9 Å². The van der Waals surface area contributed by atoms with Crippen LogP contribution in [-0.4, -0.2) is 56.5 Å².